The molecule has 43 heavy (non-hydrogen) atoms. The molecule has 1 aliphatic heterocycles. The number of benzene rings is 3. The van der Waals surface area contributed by atoms with E-state index in [1.807, 2.05) is 0 Å². The first-order chi connectivity index (χ1) is 20.6. The highest BCUT2D eigenvalue weighted by molar-refractivity contribution is 7.92. The quantitative estimate of drug-likeness (QED) is 0.341. The van der Waals surface area contributed by atoms with E-state index < -0.39 is 34.3 Å². The van der Waals surface area contributed by atoms with Gasteiger partial charge in [-0.1, -0.05) is 42.6 Å². The molecule has 1 heterocycles. The van der Waals surface area contributed by atoms with E-state index >= 15 is 0 Å². The lowest BCUT2D eigenvalue weighted by Crippen LogP contribution is -2.52. The van der Waals surface area contributed by atoms with Gasteiger partial charge in [-0.15, -0.1) is 0 Å². The molecule has 0 bridgehead atoms. The summed E-state index contributed by atoms with van der Waals surface area (Å²) in [7, 11) is -4.37. The van der Waals surface area contributed by atoms with Gasteiger partial charge in [0.1, 0.15) is 31.6 Å². The normalized spacial score (nSPS) is 15.5. The molecule has 12 heteroatoms. The number of amides is 2. The van der Waals surface area contributed by atoms with E-state index in [0.717, 1.165) is 42.1 Å². The standard InChI is InChI=1S/C31H33ClFN3O6S/c1-21(31(38)34-24-7-3-4-8-24)35(19-22-6-2-5-9-27(22)32)30(37)20-36(25-12-10-23(33)11-13-25)43(39,40)26-14-15-28-29(18-26)42-17-16-41-28/h2,5-6,9-15,18,21,24H,3-4,7-8,16-17,19-20H2,1H3,(H,34,38). The van der Waals surface area contributed by atoms with Crippen molar-refractivity contribution in [1.82, 2.24) is 10.2 Å². The number of carbonyl (C=O) groups is 2. The summed E-state index contributed by atoms with van der Waals surface area (Å²) >= 11 is 6.42. The van der Waals surface area contributed by atoms with Gasteiger partial charge in [0.2, 0.25) is 11.8 Å². The van der Waals surface area contributed by atoms with Gasteiger partial charge in [0.25, 0.3) is 10.0 Å². The fraction of sp³-hybridized carbons (Fsp3) is 0.355. The lowest BCUT2D eigenvalue weighted by Gasteiger charge is -2.32. The van der Waals surface area contributed by atoms with Crippen LogP contribution in [0.2, 0.25) is 5.02 Å². The maximum atomic E-state index is 14.1. The van der Waals surface area contributed by atoms with E-state index in [-0.39, 0.29) is 41.4 Å². The Hall–Kier alpha value is -3.83. The lowest BCUT2D eigenvalue weighted by atomic mass is 10.1. The number of halogens is 2. The van der Waals surface area contributed by atoms with Gasteiger partial charge in [0.05, 0.1) is 10.6 Å². The van der Waals surface area contributed by atoms with Crippen LogP contribution in [0.25, 0.3) is 0 Å². The van der Waals surface area contributed by atoms with Crippen molar-refractivity contribution in [3.05, 3.63) is 83.1 Å². The Balaban J connectivity index is 1.49. The molecule has 3 aromatic rings. The molecule has 228 valence electrons. The van der Waals surface area contributed by atoms with Crippen LogP contribution < -0.4 is 19.1 Å². The van der Waals surface area contributed by atoms with Gasteiger partial charge >= 0.3 is 0 Å². The number of nitrogens with zero attached hydrogens (tertiary/aromatic N) is 2. The Labute approximate surface area is 255 Å². The predicted octanol–water partition coefficient (Wildman–Crippen LogP) is 4.92. The van der Waals surface area contributed by atoms with E-state index in [1.54, 1.807) is 31.2 Å². The minimum absolute atomic E-state index is 0.0264. The molecule has 2 amide bonds. The summed E-state index contributed by atoms with van der Waals surface area (Å²) in [5, 5.41) is 3.43. The molecule has 3 aromatic carbocycles. The van der Waals surface area contributed by atoms with E-state index in [4.69, 9.17) is 21.1 Å². The van der Waals surface area contributed by atoms with Crippen LogP contribution in [0.15, 0.2) is 71.6 Å². The summed E-state index contributed by atoms with van der Waals surface area (Å²) in [6.45, 7) is 1.52. The number of hydrogen-bond acceptors (Lipinski definition) is 6. The zero-order valence-corrected chi connectivity index (χ0v) is 25.2. The second kappa shape index (κ2) is 13.2. The summed E-state index contributed by atoms with van der Waals surface area (Å²) in [6.07, 6.45) is 3.77. The molecular formula is C31H33ClFN3O6S. The molecule has 0 spiro atoms. The highest BCUT2D eigenvalue weighted by Gasteiger charge is 2.34. The molecule has 5 rings (SSSR count). The number of sulfonamides is 1. The van der Waals surface area contributed by atoms with Gasteiger partial charge < -0.3 is 19.7 Å². The zero-order valence-electron chi connectivity index (χ0n) is 23.7. The number of nitrogens with one attached hydrogen (secondary N) is 1. The first-order valence-corrected chi connectivity index (χ1v) is 16.0. The molecule has 2 aliphatic rings. The number of rotatable bonds is 10. The van der Waals surface area contributed by atoms with Crippen LogP contribution in [0.5, 0.6) is 11.5 Å². The van der Waals surface area contributed by atoms with Gasteiger partial charge in [-0.05, 0) is 67.8 Å². The van der Waals surface area contributed by atoms with Crippen molar-refractivity contribution in [1.29, 1.82) is 0 Å². The van der Waals surface area contributed by atoms with Crippen LogP contribution in [0.4, 0.5) is 10.1 Å². The Bertz CT molecular complexity index is 1580. The Morgan fingerprint density at radius 3 is 2.37 bits per heavy atom. The van der Waals surface area contributed by atoms with Crippen molar-refractivity contribution in [2.75, 3.05) is 24.1 Å². The topological polar surface area (TPSA) is 105 Å². The van der Waals surface area contributed by atoms with Crippen LogP contribution in [0.1, 0.15) is 38.2 Å². The minimum Gasteiger partial charge on any atom is -0.486 e. The Kier molecular flexibility index (Phi) is 9.41. The van der Waals surface area contributed by atoms with E-state index in [9.17, 15) is 22.4 Å². The maximum Gasteiger partial charge on any atom is 0.264 e. The molecule has 1 aliphatic carbocycles. The molecule has 0 saturated heterocycles. The SMILES string of the molecule is CC(C(=O)NC1CCCC1)N(Cc1ccccc1Cl)C(=O)CN(c1ccc(F)cc1)S(=O)(=O)c1ccc2c(c1)OCCO2. The third kappa shape index (κ3) is 7.05. The maximum absolute atomic E-state index is 14.1. The fourth-order valence-corrected chi connectivity index (χ4v) is 6.86. The average Bonchev–Trinajstić information content (AvgIpc) is 3.52. The minimum atomic E-state index is -4.37. The summed E-state index contributed by atoms with van der Waals surface area (Å²) in [5.41, 5.74) is 0.673. The number of carbonyl (C=O) groups excluding carboxylic acids is 2. The van der Waals surface area contributed by atoms with Crippen LogP contribution >= 0.6 is 11.6 Å². The third-order valence-corrected chi connectivity index (χ3v) is 9.80. The summed E-state index contributed by atoms with van der Waals surface area (Å²) in [6, 6.07) is 15.0. The highest BCUT2D eigenvalue weighted by atomic mass is 35.5. The van der Waals surface area contributed by atoms with Crippen molar-refractivity contribution in [2.45, 2.75) is 56.1 Å². The smallest absolute Gasteiger partial charge is 0.264 e. The molecule has 1 N–H and O–H groups in total. The second-order valence-electron chi connectivity index (χ2n) is 10.6. The average molecular weight is 630 g/mol. The number of anilines is 1. The molecule has 1 atom stereocenters. The monoisotopic (exact) mass is 629 g/mol. The van der Waals surface area contributed by atoms with E-state index in [0.29, 0.717) is 22.9 Å². The van der Waals surface area contributed by atoms with Crippen LogP contribution in [-0.2, 0) is 26.2 Å². The van der Waals surface area contributed by atoms with Crippen LogP contribution in [0, 0.1) is 5.82 Å². The summed E-state index contributed by atoms with van der Waals surface area (Å²) < 4.78 is 54.0. The Morgan fingerprint density at radius 1 is 1.00 bits per heavy atom. The summed E-state index contributed by atoms with van der Waals surface area (Å²) in [4.78, 5) is 28.6. The molecular weight excluding hydrogens is 597 g/mol. The van der Waals surface area contributed by atoms with Gasteiger partial charge in [-0.3, -0.25) is 13.9 Å². The molecule has 0 radical (unpaired) electrons. The van der Waals surface area contributed by atoms with Crippen molar-refractivity contribution < 1.29 is 31.9 Å². The zero-order chi connectivity index (χ0) is 30.6. The van der Waals surface area contributed by atoms with Gasteiger partial charge in [-0.25, -0.2) is 12.8 Å². The largest absolute Gasteiger partial charge is 0.486 e. The number of fused-ring (bicyclic) bond motifs is 1. The molecule has 1 unspecified atom stereocenters. The lowest BCUT2D eigenvalue weighted by molar-refractivity contribution is -0.139. The highest BCUT2D eigenvalue weighted by Crippen LogP contribution is 2.34. The van der Waals surface area contributed by atoms with Crippen molar-refractivity contribution in [3.63, 3.8) is 0 Å². The molecule has 1 fully saturated rings. The first kappa shape index (κ1) is 30.6. The first-order valence-electron chi connectivity index (χ1n) is 14.1. The van der Waals surface area contributed by atoms with Crippen molar-refractivity contribution in [3.8, 4) is 11.5 Å². The molecule has 9 nitrogen and oxygen atoms in total. The van der Waals surface area contributed by atoms with Crippen molar-refractivity contribution in [2.24, 2.45) is 0 Å². The Morgan fingerprint density at radius 2 is 1.67 bits per heavy atom. The van der Waals surface area contributed by atoms with Gasteiger partial charge in [0, 0.05) is 23.7 Å². The molecule has 0 aromatic heterocycles. The number of hydrogen-bond donors (Lipinski definition) is 1. The van der Waals surface area contributed by atoms with E-state index in [2.05, 4.69) is 5.32 Å². The van der Waals surface area contributed by atoms with E-state index in [1.165, 1.54) is 35.2 Å². The predicted molar refractivity (Wildman–Crippen MR) is 160 cm³/mol. The second-order valence-corrected chi connectivity index (χ2v) is 12.8. The van der Waals surface area contributed by atoms with Gasteiger partial charge in [-0.2, -0.15) is 0 Å². The fourth-order valence-electron chi connectivity index (χ4n) is 5.23. The van der Waals surface area contributed by atoms with Gasteiger partial charge in [0.15, 0.2) is 11.5 Å². The van der Waals surface area contributed by atoms with Crippen LogP contribution in [0.3, 0.4) is 0 Å². The summed E-state index contributed by atoms with van der Waals surface area (Å²) in [5.74, 6) is -0.878. The molecule has 1 saturated carbocycles. The third-order valence-electron chi connectivity index (χ3n) is 7.66. The van der Waals surface area contributed by atoms with Crippen LogP contribution in [-0.4, -0.2) is 57.0 Å². The number of ether oxygens (including phenoxy) is 2. The van der Waals surface area contributed by atoms with Crippen molar-refractivity contribution >= 4 is 39.1 Å².